The van der Waals surface area contributed by atoms with Crippen LogP contribution in [-0.2, 0) is 0 Å². The van der Waals surface area contributed by atoms with Gasteiger partial charge in [0.25, 0.3) is 0 Å². The van der Waals surface area contributed by atoms with Gasteiger partial charge >= 0.3 is 0 Å². The van der Waals surface area contributed by atoms with Gasteiger partial charge in [-0.15, -0.1) is 0 Å². The summed E-state index contributed by atoms with van der Waals surface area (Å²) in [4.78, 5) is 0. The number of nitrogens with zero attached hydrogens (tertiary/aromatic N) is 2. The van der Waals surface area contributed by atoms with E-state index >= 15 is 0 Å². The molecule has 0 spiro atoms. The van der Waals surface area contributed by atoms with Crippen molar-refractivity contribution < 1.29 is 0 Å². The number of rotatable bonds is 5. The molecule has 11 aromatic rings. The van der Waals surface area contributed by atoms with E-state index < -0.39 is 0 Å². The predicted molar refractivity (Wildman–Crippen MR) is 229 cm³/mol. The fourth-order valence-corrected chi connectivity index (χ4v) is 8.62. The van der Waals surface area contributed by atoms with E-state index in [2.05, 4.69) is 215 Å². The van der Waals surface area contributed by atoms with Crippen LogP contribution < -0.4 is 0 Å². The molecule has 0 fully saturated rings. The molecule has 0 N–H and O–H groups in total. The lowest BCUT2D eigenvalue weighted by Crippen LogP contribution is -1.96. The molecule has 0 bridgehead atoms. The van der Waals surface area contributed by atoms with E-state index in [-0.39, 0.29) is 0 Å². The molecule has 2 nitrogen and oxygen atoms in total. The molecule has 2 aromatic heterocycles. The first-order valence-electron chi connectivity index (χ1n) is 18.6. The molecular formula is C52H34N2. The van der Waals surface area contributed by atoms with Gasteiger partial charge in [0.05, 0.1) is 27.8 Å². The maximum absolute atomic E-state index is 2.47. The highest BCUT2D eigenvalue weighted by atomic mass is 15.0. The fourth-order valence-electron chi connectivity index (χ4n) is 8.62. The van der Waals surface area contributed by atoms with Gasteiger partial charge in [0.15, 0.2) is 0 Å². The van der Waals surface area contributed by atoms with E-state index in [0.717, 1.165) is 5.69 Å². The lowest BCUT2D eigenvalue weighted by atomic mass is 9.97. The SMILES string of the molecule is c1ccc(-c2ccc(-n3c4ccccc4c4cc(-c5ccc6c7ccccc7n(-c7ccc(-c8ccccc8)c8ccccc78)c6c5)ccc43)cc2)cc1. The number of benzene rings is 9. The van der Waals surface area contributed by atoms with E-state index in [1.807, 2.05) is 0 Å². The minimum absolute atomic E-state index is 1.16. The Hall–Kier alpha value is -7.16. The Morgan fingerprint density at radius 1 is 0.241 bits per heavy atom. The van der Waals surface area contributed by atoms with Crippen molar-refractivity contribution in [2.75, 3.05) is 0 Å². The van der Waals surface area contributed by atoms with Gasteiger partial charge in [0.2, 0.25) is 0 Å². The van der Waals surface area contributed by atoms with E-state index in [1.54, 1.807) is 0 Å². The molecule has 11 rings (SSSR count). The Bertz CT molecular complexity index is 3180. The van der Waals surface area contributed by atoms with E-state index in [9.17, 15) is 0 Å². The van der Waals surface area contributed by atoms with Crippen molar-refractivity contribution in [2.45, 2.75) is 0 Å². The zero-order chi connectivity index (χ0) is 35.6. The average Bonchev–Trinajstić information content (AvgIpc) is 3.76. The Morgan fingerprint density at radius 2 is 0.741 bits per heavy atom. The number of hydrogen-bond donors (Lipinski definition) is 0. The van der Waals surface area contributed by atoms with E-state index in [4.69, 9.17) is 0 Å². The lowest BCUT2D eigenvalue weighted by molar-refractivity contribution is 1.18. The first-order chi connectivity index (χ1) is 26.8. The zero-order valence-corrected chi connectivity index (χ0v) is 29.5. The summed E-state index contributed by atoms with van der Waals surface area (Å²) < 4.78 is 4.86. The Morgan fingerprint density at radius 3 is 1.48 bits per heavy atom. The second-order valence-electron chi connectivity index (χ2n) is 14.1. The highest BCUT2D eigenvalue weighted by molar-refractivity contribution is 6.13. The summed E-state index contributed by atoms with van der Waals surface area (Å²) in [5.41, 5.74) is 14.5. The summed E-state index contributed by atoms with van der Waals surface area (Å²) in [6.07, 6.45) is 0. The van der Waals surface area contributed by atoms with Crippen LogP contribution in [0.25, 0.3) is 99.1 Å². The largest absolute Gasteiger partial charge is 0.309 e. The molecule has 9 aromatic carbocycles. The first-order valence-corrected chi connectivity index (χ1v) is 18.6. The van der Waals surface area contributed by atoms with Gasteiger partial charge in [-0.05, 0) is 87.3 Å². The van der Waals surface area contributed by atoms with E-state index in [1.165, 1.54) is 93.5 Å². The smallest absolute Gasteiger partial charge is 0.0547 e. The maximum Gasteiger partial charge on any atom is 0.0547 e. The molecule has 0 radical (unpaired) electrons. The minimum atomic E-state index is 1.16. The van der Waals surface area contributed by atoms with Crippen molar-refractivity contribution in [3.8, 4) is 44.8 Å². The maximum atomic E-state index is 2.47. The molecule has 54 heavy (non-hydrogen) atoms. The van der Waals surface area contributed by atoms with Gasteiger partial charge in [-0.25, -0.2) is 0 Å². The van der Waals surface area contributed by atoms with Crippen LogP contribution in [0.4, 0.5) is 0 Å². The standard InChI is InChI=1S/C52H34N2/c1-3-13-35(14-4-1)36-23-27-40(28-24-36)53-48-21-11-10-20-45(48)47-33-38(26-31-51(47)53)39-25-29-46-44-19-9-12-22-49(44)54(52(46)34-39)50-32-30-41(37-15-5-2-6-16-37)42-17-7-8-18-43(42)50/h1-34H. The van der Waals surface area contributed by atoms with E-state index in [0.29, 0.717) is 0 Å². The predicted octanol–water partition coefficient (Wildman–Crippen LogP) is 14.0. The van der Waals surface area contributed by atoms with Gasteiger partial charge < -0.3 is 9.13 Å². The normalized spacial score (nSPS) is 11.7. The first kappa shape index (κ1) is 30.5. The average molecular weight is 687 g/mol. The summed E-state index contributed by atoms with van der Waals surface area (Å²) in [6.45, 7) is 0. The van der Waals surface area contributed by atoms with Crippen LogP contribution in [0.2, 0.25) is 0 Å². The molecule has 0 unspecified atom stereocenters. The topological polar surface area (TPSA) is 9.86 Å². The van der Waals surface area contributed by atoms with Gasteiger partial charge in [-0.1, -0.05) is 158 Å². The minimum Gasteiger partial charge on any atom is -0.309 e. The quantitative estimate of drug-likeness (QED) is 0.171. The van der Waals surface area contributed by atoms with Gasteiger partial charge in [0.1, 0.15) is 0 Å². The molecule has 0 aliphatic heterocycles. The monoisotopic (exact) mass is 686 g/mol. The molecule has 0 saturated carbocycles. The molecule has 0 aliphatic carbocycles. The third-order valence-corrected chi connectivity index (χ3v) is 11.1. The zero-order valence-electron chi connectivity index (χ0n) is 29.5. The van der Waals surface area contributed by atoms with Crippen molar-refractivity contribution in [1.29, 1.82) is 0 Å². The Labute approximate surface area is 313 Å². The molecule has 0 saturated heterocycles. The van der Waals surface area contributed by atoms with Crippen LogP contribution in [0.3, 0.4) is 0 Å². The van der Waals surface area contributed by atoms with Crippen LogP contribution in [0, 0.1) is 0 Å². The summed E-state index contributed by atoms with van der Waals surface area (Å²) >= 11 is 0. The highest BCUT2D eigenvalue weighted by Crippen LogP contribution is 2.40. The third kappa shape index (κ3) is 4.74. The van der Waals surface area contributed by atoms with Crippen molar-refractivity contribution in [3.05, 3.63) is 206 Å². The van der Waals surface area contributed by atoms with Crippen LogP contribution in [0.5, 0.6) is 0 Å². The lowest BCUT2D eigenvalue weighted by Gasteiger charge is -2.15. The van der Waals surface area contributed by atoms with Gasteiger partial charge in [-0.2, -0.15) is 0 Å². The highest BCUT2D eigenvalue weighted by Gasteiger charge is 2.18. The van der Waals surface area contributed by atoms with Crippen molar-refractivity contribution >= 4 is 54.4 Å². The molecule has 2 heteroatoms. The third-order valence-electron chi connectivity index (χ3n) is 11.1. The summed E-state index contributed by atoms with van der Waals surface area (Å²) in [5.74, 6) is 0. The van der Waals surface area contributed by atoms with Crippen molar-refractivity contribution in [2.24, 2.45) is 0 Å². The number of fused-ring (bicyclic) bond motifs is 7. The summed E-state index contributed by atoms with van der Waals surface area (Å²) in [5, 5.41) is 7.49. The molecule has 0 atom stereocenters. The number of aromatic nitrogens is 2. The molecular weight excluding hydrogens is 653 g/mol. The Kier molecular flexibility index (Phi) is 6.90. The van der Waals surface area contributed by atoms with Gasteiger partial charge in [0, 0.05) is 32.6 Å². The Balaban J connectivity index is 1.08. The molecule has 252 valence electrons. The van der Waals surface area contributed by atoms with Crippen LogP contribution in [-0.4, -0.2) is 9.13 Å². The number of hydrogen-bond acceptors (Lipinski definition) is 0. The molecule has 2 heterocycles. The van der Waals surface area contributed by atoms with Crippen LogP contribution in [0.15, 0.2) is 206 Å². The van der Waals surface area contributed by atoms with Crippen molar-refractivity contribution in [3.63, 3.8) is 0 Å². The van der Waals surface area contributed by atoms with Crippen LogP contribution in [0.1, 0.15) is 0 Å². The molecule has 0 aliphatic rings. The second kappa shape index (κ2) is 12.2. The second-order valence-corrected chi connectivity index (χ2v) is 14.1. The van der Waals surface area contributed by atoms with Crippen LogP contribution >= 0.6 is 0 Å². The van der Waals surface area contributed by atoms with Gasteiger partial charge in [-0.3, -0.25) is 0 Å². The fraction of sp³-hybridized carbons (Fsp3) is 0. The number of para-hydroxylation sites is 2. The summed E-state index contributed by atoms with van der Waals surface area (Å²) in [6, 6.07) is 75.2. The summed E-state index contributed by atoms with van der Waals surface area (Å²) in [7, 11) is 0. The molecule has 0 amide bonds. The van der Waals surface area contributed by atoms with Crippen molar-refractivity contribution in [1.82, 2.24) is 9.13 Å².